The number of nitrogens with one attached hydrogen (secondary N) is 1. The molecule has 6 nitrogen and oxygen atoms in total. The fourth-order valence-corrected chi connectivity index (χ4v) is 5.41. The number of sulfonamides is 1. The van der Waals surface area contributed by atoms with E-state index in [4.69, 9.17) is 11.6 Å². The van der Waals surface area contributed by atoms with Gasteiger partial charge in [0.15, 0.2) is 0 Å². The first kappa shape index (κ1) is 21.3. The molecule has 1 saturated heterocycles. The van der Waals surface area contributed by atoms with Crippen molar-refractivity contribution in [2.24, 2.45) is 0 Å². The van der Waals surface area contributed by atoms with Crippen molar-refractivity contribution in [3.63, 3.8) is 0 Å². The fraction of sp³-hybridized carbons (Fsp3) is 0.421. The number of hydrogen-bond donors (Lipinski definition) is 1. The Bertz CT molecular complexity index is 882. The molecule has 3 rings (SSSR count). The zero-order chi connectivity index (χ0) is 20.0. The van der Waals surface area contributed by atoms with Crippen LogP contribution in [-0.2, 0) is 27.8 Å². The van der Waals surface area contributed by atoms with Crippen LogP contribution >= 0.6 is 22.9 Å². The predicted molar refractivity (Wildman–Crippen MR) is 113 cm³/mol. The van der Waals surface area contributed by atoms with E-state index in [1.165, 1.54) is 15.6 Å². The van der Waals surface area contributed by atoms with Crippen LogP contribution in [0.5, 0.6) is 0 Å². The molecule has 1 aliphatic rings. The number of carbonyl (C=O) groups excluding carboxylic acids is 1. The molecule has 1 amide bonds. The molecule has 1 aliphatic heterocycles. The lowest BCUT2D eigenvalue weighted by molar-refractivity contribution is -0.130. The third-order valence-electron chi connectivity index (χ3n) is 4.67. The van der Waals surface area contributed by atoms with Gasteiger partial charge in [-0.05, 0) is 23.1 Å². The molecule has 1 fully saturated rings. The summed E-state index contributed by atoms with van der Waals surface area (Å²) in [7, 11) is -3.41. The number of halogens is 1. The third-order valence-corrected chi connectivity index (χ3v) is 7.76. The largest absolute Gasteiger partial charge is 0.337 e. The lowest BCUT2D eigenvalue weighted by Crippen LogP contribution is -2.48. The Morgan fingerprint density at radius 2 is 1.93 bits per heavy atom. The molecule has 1 aromatic heterocycles. The number of rotatable bonds is 8. The summed E-state index contributed by atoms with van der Waals surface area (Å²) in [6, 6.07) is 11.1. The summed E-state index contributed by atoms with van der Waals surface area (Å²) < 4.78 is 26.9. The Morgan fingerprint density at radius 3 is 2.61 bits per heavy atom. The van der Waals surface area contributed by atoms with Crippen molar-refractivity contribution < 1.29 is 13.2 Å². The van der Waals surface area contributed by atoms with E-state index in [9.17, 15) is 13.2 Å². The summed E-state index contributed by atoms with van der Waals surface area (Å²) in [4.78, 5) is 15.4. The van der Waals surface area contributed by atoms with Crippen LogP contribution < -0.4 is 5.32 Å². The van der Waals surface area contributed by atoms with Gasteiger partial charge < -0.3 is 10.2 Å². The summed E-state index contributed by atoms with van der Waals surface area (Å²) in [6.07, 6.45) is 0.260. The Hall–Kier alpha value is -1.45. The summed E-state index contributed by atoms with van der Waals surface area (Å²) in [6.45, 7) is 2.67. The molecule has 28 heavy (non-hydrogen) atoms. The number of carbonyl (C=O) groups is 1. The maximum atomic E-state index is 12.9. The van der Waals surface area contributed by atoms with Crippen molar-refractivity contribution in [3.05, 3.63) is 57.2 Å². The van der Waals surface area contributed by atoms with Crippen LogP contribution in [0.1, 0.15) is 10.4 Å². The molecular weight excluding hydrogens is 418 g/mol. The molecule has 2 heterocycles. The van der Waals surface area contributed by atoms with Gasteiger partial charge in [-0.1, -0.05) is 35.9 Å². The first-order chi connectivity index (χ1) is 13.5. The van der Waals surface area contributed by atoms with Gasteiger partial charge in [0.2, 0.25) is 15.9 Å². The van der Waals surface area contributed by atoms with Crippen molar-refractivity contribution in [1.82, 2.24) is 14.5 Å². The minimum atomic E-state index is -3.41. The summed E-state index contributed by atoms with van der Waals surface area (Å²) >= 11 is 7.78. The highest BCUT2D eigenvalue weighted by molar-refractivity contribution is 7.89. The van der Waals surface area contributed by atoms with E-state index in [0.29, 0.717) is 37.7 Å². The van der Waals surface area contributed by atoms with Gasteiger partial charge in [0, 0.05) is 49.2 Å². The minimum Gasteiger partial charge on any atom is -0.337 e. The van der Waals surface area contributed by atoms with E-state index in [2.05, 4.69) is 5.32 Å². The van der Waals surface area contributed by atoms with E-state index in [0.717, 1.165) is 10.4 Å². The van der Waals surface area contributed by atoms with Gasteiger partial charge in [0.05, 0.1) is 12.2 Å². The number of benzene rings is 1. The molecule has 1 N–H and O–H groups in total. The van der Waals surface area contributed by atoms with Gasteiger partial charge in [-0.2, -0.15) is 4.31 Å². The molecule has 152 valence electrons. The molecule has 9 heteroatoms. The Morgan fingerprint density at radius 1 is 1.18 bits per heavy atom. The van der Waals surface area contributed by atoms with Crippen molar-refractivity contribution in [2.45, 2.75) is 13.0 Å². The van der Waals surface area contributed by atoms with Gasteiger partial charge in [0.1, 0.15) is 0 Å². The van der Waals surface area contributed by atoms with Crippen LogP contribution in [0, 0.1) is 0 Å². The summed E-state index contributed by atoms with van der Waals surface area (Å²) in [5.41, 5.74) is 0.809. The number of piperazine rings is 1. The predicted octanol–water partition coefficient (Wildman–Crippen LogP) is 2.21. The van der Waals surface area contributed by atoms with Gasteiger partial charge >= 0.3 is 0 Å². The average Bonchev–Trinajstić information content (AvgIpc) is 3.20. The van der Waals surface area contributed by atoms with Crippen LogP contribution in [0.15, 0.2) is 41.8 Å². The molecular formula is C19H24ClN3O3S2. The van der Waals surface area contributed by atoms with E-state index in [-0.39, 0.29) is 24.6 Å². The molecule has 0 bridgehead atoms. The van der Waals surface area contributed by atoms with Crippen molar-refractivity contribution >= 4 is 38.9 Å². The molecule has 0 unspecified atom stereocenters. The Labute approximate surface area is 175 Å². The molecule has 0 saturated carbocycles. The lowest BCUT2D eigenvalue weighted by atomic mass is 10.2. The van der Waals surface area contributed by atoms with Crippen LogP contribution in [0.3, 0.4) is 0 Å². The normalized spacial score (nSPS) is 15.5. The second-order valence-electron chi connectivity index (χ2n) is 6.63. The van der Waals surface area contributed by atoms with Gasteiger partial charge in [-0.25, -0.2) is 8.42 Å². The zero-order valence-corrected chi connectivity index (χ0v) is 17.9. The van der Waals surface area contributed by atoms with Crippen LogP contribution in [0.4, 0.5) is 0 Å². The quantitative estimate of drug-likeness (QED) is 0.681. The fourth-order valence-electron chi connectivity index (χ4n) is 3.08. The first-order valence-corrected chi connectivity index (χ1v) is 12.0. The molecule has 0 aliphatic carbocycles. The number of thiophene rings is 1. The second-order valence-corrected chi connectivity index (χ2v) is 10.2. The standard InChI is InChI=1S/C19H24ClN3O3S2/c20-18-6-2-1-4-16(18)15-22(19(24)14-17-5-3-12-27-17)11-13-28(25,26)23-9-7-21-8-10-23/h1-6,12,21H,7-11,13-15H2. The van der Waals surface area contributed by atoms with Crippen molar-refractivity contribution in [3.8, 4) is 0 Å². The summed E-state index contributed by atoms with van der Waals surface area (Å²) in [5.74, 6) is -0.189. The highest BCUT2D eigenvalue weighted by atomic mass is 35.5. The van der Waals surface area contributed by atoms with E-state index in [1.807, 2.05) is 35.7 Å². The van der Waals surface area contributed by atoms with Gasteiger partial charge in [0.25, 0.3) is 0 Å². The highest BCUT2D eigenvalue weighted by Crippen LogP contribution is 2.19. The maximum Gasteiger partial charge on any atom is 0.228 e. The topological polar surface area (TPSA) is 69.7 Å². The van der Waals surface area contributed by atoms with E-state index in [1.54, 1.807) is 11.0 Å². The lowest BCUT2D eigenvalue weighted by Gasteiger charge is -2.28. The van der Waals surface area contributed by atoms with Crippen molar-refractivity contribution in [1.29, 1.82) is 0 Å². The van der Waals surface area contributed by atoms with Crippen LogP contribution in [0.25, 0.3) is 0 Å². The number of nitrogens with zero attached hydrogens (tertiary/aromatic N) is 2. The first-order valence-electron chi connectivity index (χ1n) is 9.18. The van der Waals surface area contributed by atoms with Gasteiger partial charge in [-0.3, -0.25) is 4.79 Å². The van der Waals surface area contributed by atoms with E-state index >= 15 is 0 Å². The number of amides is 1. The molecule has 0 spiro atoms. The van der Waals surface area contributed by atoms with Gasteiger partial charge in [-0.15, -0.1) is 11.3 Å². The van der Waals surface area contributed by atoms with Crippen LogP contribution in [-0.4, -0.2) is 62.0 Å². The maximum absolute atomic E-state index is 12.9. The zero-order valence-electron chi connectivity index (χ0n) is 15.5. The van der Waals surface area contributed by atoms with E-state index < -0.39 is 10.0 Å². The monoisotopic (exact) mass is 441 g/mol. The molecule has 2 aromatic rings. The highest BCUT2D eigenvalue weighted by Gasteiger charge is 2.26. The molecule has 0 atom stereocenters. The molecule has 1 aromatic carbocycles. The van der Waals surface area contributed by atoms with Crippen molar-refractivity contribution in [2.75, 3.05) is 38.5 Å². The summed E-state index contributed by atoms with van der Waals surface area (Å²) in [5, 5.41) is 5.65. The Balaban J connectivity index is 1.71. The second kappa shape index (κ2) is 9.84. The SMILES string of the molecule is O=C(Cc1cccs1)N(CCS(=O)(=O)N1CCNCC1)Cc1ccccc1Cl. The van der Waals surface area contributed by atoms with Crippen LogP contribution in [0.2, 0.25) is 5.02 Å². The Kier molecular flexibility index (Phi) is 7.48. The third kappa shape index (κ3) is 5.78. The smallest absolute Gasteiger partial charge is 0.228 e. The number of hydrogen-bond acceptors (Lipinski definition) is 5. The minimum absolute atomic E-state index is 0.0896. The average molecular weight is 442 g/mol. The molecule has 0 radical (unpaired) electrons.